The third kappa shape index (κ3) is 3.00. The number of nitrogens with one attached hydrogen (secondary N) is 1. The summed E-state index contributed by atoms with van der Waals surface area (Å²) in [5.41, 5.74) is 0. The molecule has 1 aliphatic heterocycles. The predicted molar refractivity (Wildman–Crippen MR) is 61.9 cm³/mol. The molecule has 1 heterocycles. The second-order valence-corrected chi connectivity index (χ2v) is 5.00. The van der Waals surface area contributed by atoms with E-state index in [9.17, 15) is 14.7 Å². The summed E-state index contributed by atoms with van der Waals surface area (Å²) in [6, 6.07) is -0.223. The number of aliphatic carboxylic acids is 1. The van der Waals surface area contributed by atoms with Gasteiger partial charge in [-0.3, -0.25) is 4.79 Å². The minimum Gasteiger partial charge on any atom is -0.479 e. The number of amides is 1. The first-order chi connectivity index (χ1) is 8.58. The molecule has 3 N–H and O–H groups in total. The largest absolute Gasteiger partial charge is 0.479 e. The number of hydrogen-bond donors (Lipinski definition) is 3. The molecule has 4 atom stereocenters. The molecule has 2 rings (SSSR count). The van der Waals surface area contributed by atoms with Gasteiger partial charge in [0.25, 0.3) is 0 Å². The molecule has 1 saturated heterocycles. The van der Waals surface area contributed by atoms with Gasteiger partial charge in [-0.25, -0.2) is 4.79 Å². The molecule has 2 aliphatic rings. The molecule has 0 spiro atoms. The van der Waals surface area contributed by atoms with E-state index >= 15 is 0 Å². The Kier molecular flexibility index (Phi) is 4.19. The van der Waals surface area contributed by atoms with Gasteiger partial charge < -0.3 is 20.3 Å². The van der Waals surface area contributed by atoms with Crippen LogP contribution < -0.4 is 5.32 Å². The lowest BCUT2D eigenvalue weighted by Crippen LogP contribution is -2.48. The van der Waals surface area contributed by atoms with Crippen LogP contribution in [0.4, 0.5) is 0 Å². The first-order valence-electron chi connectivity index (χ1n) is 6.44. The van der Waals surface area contributed by atoms with Crippen molar-refractivity contribution in [1.82, 2.24) is 5.32 Å². The van der Waals surface area contributed by atoms with Crippen LogP contribution in [-0.2, 0) is 14.3 Å². The summed E-state index contributed by atoms with van der Waals surface area (Å²) in [5, 5.41) is 21.3. The summed E-state index contributed by atoms with van der Waals surface area (Å²) < 4.78 is 5.17. The minimum atomic E-state index is -1.02. The zero-order chi connectivity index (χ0) is 13.1. The van der Waals surface area contributed by atoms with Crippen molar-refractivity contribution in [3.05, 3.63) is 0 Å². The summed E-state index contributed by atoms with van der Waals surface area (Å²) in [6.07, 6.45) is 2.15. The zero-order valence-corrected chi connectivity index (χ0v) is 10.2. The average Bonchev–Trinajstić information content (AvgIpc) is 2.81. The van der Waals surface area contributed by atoms with Crippen LogP contribution in [0.1, 0.15) is 38.5 Å². The maximum Gasteiger partial charge on any atom is 0.332 e. The minimum absolute atomic E-state index is 0.223. The number of carboxylic acid groups (broad SMARTS) is 1. The van der Waals surface area contributed by atoms with Gasteiger partial charge in [0, 0.05) is 0 Å². The second kappa shape index (κ2) is 5.67. The molecule has 0 aromatic heterocycles. The van der Waals surface area contributed by atoms with Crippen molar-refractivity contribution >= 4 is 11.9 Å². The van der Waals surface area contributed by atoms with Crippen LogP contribution in [0, 0.1) is 0 Å². The van der Waals surface area contributed by atoms with Crippen molar-refractivity contribution in [2.45, 2.75) is 62.9 Å². The molecule has 102 valence electrons. The van der Waals surface area contributed by atoms with Gasteiger partial charge in [-0.05, 0) is 25.7 Å². The Balaban J connectivity index is 1.83. The fourth-order valence-electron chi connectivity index (χ4n) is 2.57. The number of carbonyl (C=O) groups excluding carboxylic acids is 1. The zero-order valence-electron chi connectivity index (χ0n) is 10.2. The molecule has 6 heteroatoms. The van der Waals surface area contributed by atoms with Crippen molar-refractivity contribution in [2.24, 2.45) is 0 Å². The van der Waals surface area contributed by atoms with E-state index in [2.05, 4.69) is 5.32 Å². The van der Waals surface area contributed by atoms with Gasteiger partial charge in [0.1, 0.15) is 6.10 Å². The molecule has 0 aromatic carbocycles. The number of carbonyl (C=O) groups is 2. The standard InChI is InChI=1S/C12H19NO5/c14-8-4-2-1-3-7(8)13-11(15)9-5-6-10(18-9)12(16)17/h7-10,14H,1-6H2,(H,13,15)(H,16,17)/t7-,8-,9+,10-/m1/s1. The quantitative estimate of drug-likeness (QED) is 0.663. The van der Waals surface area contributed by atoms with E-state index in [1.54, 1.807) is 0 Å². The molecule has 0 radical (unpaired) electrons. The van der Waals surface area contributed by atoms with Crippen LogP contribution in [0.5, 0.6) is 0 Å². The van der Waals surface area contributed by atoms with Gasteiger partial charge in [-0.1, -0.05) is 12.8 Å². The molecule has 18 heavy (non-hydrogen) atoms. The highest BCUT2D eigenvalue weighted by Gasteiger charge is 2.36. The third-order valence-corrected chi connectivity index (χ3v) is 3.64. The molecule has 6 nitrogen and oxygen atoms in total. The summed E-state index contributed by atoms with van der Waals surface area (Å²) in [4.78, 5) is 22.6. The first-order valence-corrected chi connectivity index (χ1v) is 6.44. The number of carboxylic acids is 1. The average molecular weight is 257 g/mol. The van der Waals surface area contributed by atoms with Gasteiger partial charge in [0.15, 0.2) is 6.10 Å². The van der Waals surface area contributed by atoms with Gasteiger partial charge in [-0.2, -0.15) is 0 Å². The van der Waals surface area contributed by atoms with E-state index in [1.807, 2.05) is 0 Å². The molecular formula is C12H19NO5. The lowest BCUT2D eigenvalue weighted by atomic mass is 9.92. The van der Waals surface area contributed by atoms with Crippen molar-refractivity contribution in [1.29, 1.82) is 0 Å². The van der Waals surface area contributed by atoms with Crippen LogP contribution >= 0.6 is 0 Å². The number of hydrogen-bond acceptors (Lipinski definition) is 4. The molecule has 0 unspecified atom stereocenters. The van der Waals surface area contributed by atoms with E-state index in [-0.39, 0.29) is 11.9 Å². The highest BCUT2D eigenvalue weighted by Crippen LogP contribution is 2.22. The first kappa shape index (κ1) is 13.3. The van der Waals surface area contributed by atoms with E-state index in [1.165, 1.54) is 0 Å². The summed E-state index contributed by atoms with van der Waals surface area (Å²) in [5.74, 6) is -1.33. The Morgan fingerprint density at radius 1 is 1.06 bits per heavy atom. The maximum absolute atomic E-state index is 11.9. The topological polar surface area (TPSA) is 95.9 Å². The molecule has 1 amide bonds. The number of aliphatic hydroxyl groups is 1. The van der Waals surface area contributed by atoms with Gasteiger partial charge in [0.05, 0.1) is 12.1 Å². The molecule has 0 bridgehead atoms. The van der Waals surface area contributed by atoms with Crippen molar-refractivity contribution in [3.63, 3.8) is 0 Å². The Morgan fingerprint density at radius 2 is 1.72 bits per heavy atom. The van der Waals surface area contributed by atoms with E-state index in [4.69, 9.17) is 9.84 Å². The summed E-state index contributed by atoms with van der Waals surface area (Å²) in [7, 11) is 0. The molecule has 0 aromatic rings. The van der Waals surface area contributed by atoms with E-state index in [0.29, 0.717) is 19.3 Å². The predicted octanol–water partition coefficient (Wildman–Crippen LogP) is 0.0383. The Hall–Kier alpha value is -1.14. The maximum atomic E-state index is 11.9. The number of ether oxygens (including phenoxy) is 1. The van der Waals surface area contributed by atoms with Gasteiger partial charge in [0.2, 0.25) is 5.91 Å². The number of rotatable bonds is 3. The molecule has 1 aliphatic carbocycles. The fourth-order valence-corrected chi connectivity index (χ4v) is 2.57. The Morgan fingerprint density at radius 3 is 2.33 bits per heavy atom. The second-order valence-electron chi connectivity index (χ2n) is 5.00. The molecular weight excluding hydrogens is 238 g/mol. The third-order valence-electron chi connectivity index (χ3n) is 3.64. The highest BCUT2D eigenvalue weighted by atomic mass is 16.5. The lowest BCUT2D eigenvalue weighted by molar-refractivity contribution is -0.152. The highest BCUT2D eigenvalue weighted by molar-refractivity contribution is 5.82. The smallest absolute Gasteiger partial charge is 0.332 e. The van der Waals surface area contributed by atoms with Crippen LogP contribution in [-0.4, -0.2) is 46.4 Å². The summed E-state index contributed by atoms with van der Waals surface area (Å²) >= 11 is 0. The molecule has 2 fully saturated rings. The van der Waals surface area contributed by atoms with Gasteiger partial charge in [-0.15, -0.1) is 0 Å². The van der Waals surface area contributed by atoms with Crippen molar-refractivity contribution < 1.29 is 24.5 Å². The Bertz CT molecular complexity index is 332. The molecule has 1 saturated carbocycles. The van der Waals surface area contributed by atoms with Crippen molar-refractivity contribution in [2.75, 3.05) is 0 Å². The van der Waals surface area contributed by atoms with Crippen LogP contribution in [0.3, 0.4) is 0 Å². The van der Waals surface area contributed by atoms with E-state index < -0.39 is 24.3 Å². The van der Waals surface area contributed by atoms with Crippen LogP contribution in [0.2, 0.25) is 0 Å². The summed E-state index contributed by atoms with van der Waals surface area (Å²) in [6.45, 7) is 0. The normalized spacial score (nSPS) is 36.3. The monoisotopic (exact) mass is 257 g/mol. The van der Waals surface area contributed by atoms with Crippen LogP contribution in [0.15, 0.2) is 0 Å². The van der Waals surface area contributed by atoms with Crippen molar-refractivity contribution in [3.8, 4) is 0 Å². The Labute approximate surface area is 105 Å². The fraction of sp³-hybridized carbons (Fsp3) is 0.833. The SMILES string of the molecule is O=C(N[C@@H]1CCCC[C@H]1O)[C@@H]1CC[C@H](C(=O)O)O1. The van der Waals surface area contributed by atoms with Crippen LogP contribution in [0.25, 0.3) is 0 Å². The lowest BCUT2D eigenvalue weighted by Gasteiger charge is -2.29. The number of aliphatic hydroxyl groups excluding tert-OH is 1. The van der Waals surface area contributed by atoms with Gasteiger partial charge >= 0.3 is 5.97 Å². The van der Waals surface area contributed by atoms with E-state index in [0.717, 1.165) is 19.3 Å².